The molecule has 8 heteroatoms. The Labute approximate surface area is 596 Å². The molecule has 3 aromatic heterocycles. The summed E-state index contributed by atoms with van der Waals surface area (Å²) in [4.78, 5) is 28.7. The molecule has 0 radical (unpaired) electrons. The van der Waals surface area contributed by atoms with Crippen LogP contribution in [0.15, 0.2) is 342 Å². The van der Waals surface area contributed by atoms with Gasteiger partial charge in [-0.15, -0.1) is 0 Å². The van der Waals surface area contributed by atoms with Crippen LogP contribution in [-0.2, 0) is 52.6 Å². The summed E-state index contributed by atoms with van der Waals surface area (Å²) in [5, 5.41) is 0. The zero-order valence-corrected chi connectivity index (χ0v) is 57.3. The van der Waals surface area contributed by atoms with E-state index >= 15 is 0 Å². The zero-order chi connectivity index (χ0) is 68.0. The number of hydrogen-bond acceptors (Lipinski definition) is 5. The van der Waals surface area contributed by atoms with Gasteiger partial charge in [-0.3, -0.25) is 0 Å². The highest BCUT2D eigenvalue weighted by Crippen LogP contribution is 2.48. The van der Waals surface area contributed by atoms with Crippen molar-refractivity contribution in [1.29, 1.82) is 0 Å². The van der Waals surface area contributed by atoms with Gasteiger partial charge in [0.05, 0.1) is 51.6 Å². The molecule has 14 aromatic rings. The lowest BCUT2D eigenvalue weighted by atomic mass is 9.83. The first-order valence-electron chi connectivity index (χ1n) is 35.8. The maximum Gasteiger partial charge on any atom is 0.160 e. The van der Waals surface area contributed by atoms with Gasteiger partial charge in [0.15, 0.2) is 5.82 Å². The van der Waals surface area contributed by atoms with E-state index < -0.39 is 0 Å². The lowest BCUT2D eigenvalue weighted by molar-refractivity contribution is 0.648. The molecule has 0 N–H and O–H groups in total. The fraction of sp³-hybridized carbons (Fsp3) is 0.117. The van der Waals surface area contributed by atoms with Crippen LogP contribution in [0.4, 0.5) is 0 Å². The van der Waals surface area contributed by atoms with Gasteiger partial charge in [-0.25, -0.2) is 24.9 Å². The minimum absolute atomic E-state index is 0.265. The van der Waals surface area contributed by atoms with Gasteiger partial charge in [-0.2, -0.15) is 0 Å². The van der Waals surface area contributed by atoms with E-state index in [4.69, 9.17) is 24.9 Å². The van der Waals surface area contributed by atoms with Gasteiger partial charge in [0.2, 0.25) is 0 Å². The molecule has 24 rings (SSSR count). The van der Waals surface area contributed by atoms with Crippen molar-refractivity contribution in [3.8, 4) is 102 Å². The van der Waals surface area contributed by atoms with Crippen LogP contribution >= 0.6 is 0 Å². The lowest BCUT2D eigenvalue weighted by Gasteiger charge is -2.31. The number of aromatic nitrogens is 6. The smallest absolute Gasteiger partial charge is 0.160 e. The van der Waals surface area contributed by atoms with E-state index in [0.717, 1.165) is 175 Å². The number of nitrogens with zero attached hydrogens (tertiary/aromatic N) is 8. The Morgan fingerprint density at radius 3 is 1.03 bits per heavy atom. The SMILES string of the molecule is Cn1c(-c2cc3ccc2CCC2=CC(n4c(-c5cc6ccc5CCc5ccc(cc5-c5nc(-c7ccccc7)c(-c7ccccc7)n5C)CC6)nc(-c5ccccc5)c4-c4ccccc4)C(=CC2=C2N=C(c4ccccc4)C(c4ccccc4)=N2)CC3)nc(-c2ccccc2)c1-c1ccccc1. The van der Waals surface area contributed by atoms with Crippen molar-refractivity contribution in [3.63, 3.8) is 0 Å². The highest BCUT2D eigenvalue weighted by Gasteiger charge is 2.35. The van der Waals surface area contributed by atoms with Crippen molar-refractivity contribution in [2.24, 2.45) is 24.1 Å². The molecule has 11 aromatic carbocycles. The number of allylic oxidation sites excluding steroid dienone is 5. The summed E-state index contributed by atoms with van der Waals surface area (Å²) in [6.07, 6.45) is 11.3. The molecule has 0 saturated carbocycles. The Bertz CT molecular complexity index is 5600. The quantitative estimate of drug-likeness (QED) is 0.122. The van der Waals surface area contributed by atoms with Crippen LogP contribution in [-0.4, -0.2) is 40.1 Å². The predicted octanol–water partition coefficient (Wildman–Crippen LogP) is 21.4. The molecule has 4 heterocycles. The summed E-state index contributed by atoms with van der Waals surface area (Å²) in [6, 6.07) is 107. The summed E-state index contributed by atoms with van der Waals surface area (Å²) >= 11 is 0. The topological polar surface area (TPSA) is 78.2 Å². The normalized spacial score (nSPS) is 14.9. The Hall–Kier alpha value is -12.4. The van der Waals surface area contributed by atoms with Crippen LogP contribution in [0.1, 0.15) is 63.4 Å². The molecule has 1 atom stereocenters. The molecule has 102 heavy (non-hydrogen) atoms. The van der Waals surface area contributed by atoms with E-state index in [0.29, 0.717) is 6.42 Å². The van der Waals surface area contributed by atoms with Crippen LogP contribution in [0, 0.1) is 0 Å². The number of aryl methyl sites for hydroxylation is 6. The second kappa shape index (κ2) is 26.7. The predicted molar refractivity (Wildman–Crippen MR) is 417 cm³/mol. The Kier molecular flexibility index (Phi) is 16.2. The lowest BCUT2D eigenvalue weighted by Crippen LogP contribution is -2.19. The maximum atomic E-state index is 6.10. The van der Waals surface area contributed by atoms with Gasteiger partial charge in [0.25, 0.3) is 0 Å². The van der Waals surface area contributed by atoms with Crippen LogP contribution < -0.4 is 0 Å². The maximum absolute atomic E-state index is 6.10. The standard InChI is InChI=1S/C94H74N8/c1-100-88(73-37-21-8-22-38-73)85(70-31-15-5-16-32-70)97-92(100)79-57-62-43-44-63-46-51-67(54-53-65(79)49-45-62)81(59-63)94-99-87(72-35-19-7-20-36-72)90(75-41-25-10-26-42-75)102(94)82-61-76-56-55-66-50-47-64(58-80(66)93-98-86(71-33-17-6-18-34-71)89(101(93)2)74-39-23-9-24-40-74)48-52-77(82)60-78(76)91-95-83(68-27-11-3-12-28-68)84(96-91)69-29-13-4-14-30-69/h3-42,45-47,49-51,57-61,82H,43-44,48,52-56H2,1-2H3. The molecular formula is C94H74N8. The number of aliphatic imine (C=N–C) groups is 2. The van der Waals surface area contributed by atoms with Gasteiger partial charge in [0.1, 0.15) is 17.5 Å². The van der Waals surface area contributed by atoms with Gasteiger partial charge in [-0.05, 0) is 120 Å². The second-order valence-electron chi connectivity index (χ2n) is 27.3. The zero-order valence-electron chi connectivity index (χ0n) is 57.3. The highest BCUT2D eigenvalue weighted by atomic mass is 15.1. The Morgan fingerprint density at radius 2 is 0.627 bits per heavy atom. The fourth-order valence-electron chi connectivity index (χ4n) is 15.9. The van der Waals surface area contributed by atoms with Crippen molar-refractivity contribution in [2.75, 3.05) is 0 Å². The first-order chi connectivity index (χ1) is 50.4. The molecule has 8 nitrogen and oxygen atoms in total. The van der Waals surface area contributed by atoms with Gasteiger partial charge in [-0.1, -0.05) is 285 Å². The fourth-order valence-corrected chi connectivity index (χ4v) is 15.9. The Morgan fingerprint density at radius 1 is 0.304 bits per heavy atom. The number of imidazole rings is 3. The summed E-state index contributed by atoms with van der Waals surface area (Å²) in [5.41, 5.74) is 31.2. The molecule has 10 aliphatic rings. The van der Waals surface area contributed by atoms with Gasteiger partial charge in [0, 0.05) is 80.9 Å². The number of benzene rings is 11. The van der Waals surface area contributed by atoms with Crippen LogP contribution in [0.3, 0.4) is 0 Å². The summed E-state index contributed by atoms with van der Waals surface area (Å²) in [6.45, 7) is 0. The first kappa shape index (κ1) is 61.9. The van der Waals surface area contributed by atoms with E-state index in [-0.39, 0.29) is 6.04 Å². The molecule has 1 aliphatic heterocycles. The van der Waals surface area contributed by atoms with Crippen molar-refractivity contribution >= 4 is 11.4 Å². The average molecular weight is 1320 g/mol. The minimum Gasteiger partial charge on any atom is -0.327 e. The van der Waals surface area contributed by atoms with Crippen LogP contribution in [0.2, 0.25) is 0 Å². The van der Waals surface area contributed by atoms with Gasteiger partial charge >= 0.3 is 0 Å². The monoisotopic (exact) mass is 1310 g/mol. The molecule has 0 fully saturated rings. The second-order valence-corrected chi connectivity index (χ2v) is 27.3. The first-order valence-corrected chi connectivity index (χ1v) is 35.8. The van der Waals surface area contributed by atoms with E-state index in [1.54, 1.807) is 0 Å². The van der Waals surface area contributed by atoms with E-state index in [1.165, 1.54) is 50.1 Å². The van der Waals surface area contributed by atoms with E-state index in [1.807, 2.05) is 0 Å². The molecule has 0 saturated heterocycles. The molecule has 0 amide bonds. The molecule has 1 unspecified atom stereocenters. The molecule has 9 aliphatic carbocycles. The molecular weight excluding hydrogens is 1240 g/mol. The van der Waals surface area contributed by atoms with Gasteiger partial charge < -0.3 is 13.7 Å². The molecule has 0 spiro atoms. The summed E-state index contributed by atoms with van der Waals surface area (Å²) in [7, 11) is 4.38. The van der Waals surface area contributed by atoms with Crippen molar-refractivity contribution in [2.45, 2.75) is 57.4 Å². The molecule has 490 valence electrons. The van der Waals surface area contributed by atoms with Crippen molar-refractivity contribution in [3.05, 3.63) is 376 Å². The van der Waals surface area contributed by atoms with E-state index in [9.17, 15) is 0 Å². The Balaban J connectivity index is 0.828. The summed E-state index contributed by atoms with van der Waals surface area (Å²) in [5.74, 6) is 3.60. The minimum atomic E-state index is -0.265. The average Bonchev–Trinajstić information content (AvgIpc) is 1.56. The highest BCUT2D eigenvalue weighted by molar-refractivity contribution is 6.55. The number of hydrogen-bond donors (Lipinski definition) is 0. The molecule has 8 bridgehead atoms. The summed E-state index contributed by atoms with van der Waals surface area (Å²) < 4.78 is 7.29. The third-order valence-corrected chi connectivity index (χ3v) is 21.1. The third kappa shape index (κ3) is 11.5. The third-order valence-electron chi connectivity index (χ3n) is 21.1. The van der Waals surface area contributed by atoms with Crippen molar-refractivity contribution < 1.29 is 0 Å². The largest absolute Gasteiger partial charge is 0.327 e. The van der Waals surface area contributed by atoms with Crippen LogP contribution in [0.5, 0.6) is 0 Å². The van der Waals surface area contributed by atoms with Crippen molar-refractivity contribution in [1.82, 2.24) is 28.7 Å². The number of rotatable bonds is 12. The van der Waals surface area contributed by atoms with Crippen LogP contribution in [0.25, 0.3) is 102 Å². The van der Waals surface area contributed by atoms with E-state index in [2.05, 4.69) is 337 Å².